The van der Waals surface area contributed by atoms with Crippen molar-refractivity contribution in [3.05, 3.63) is 35.9 Å². The average Bonchev–Trinajstić information content (AvgIpc) is 3.06. The lowest BCUT2D eigenvalue weighted by atomic mass is 9.95. The van der Waals surface area contributed by atoms with Crippen molar-refractivity contribution in [1.29, 1.82) is 0 Å². The zero-order valence-corrected chi connectivity index (χ0v) is 11.5. The van der Waals surface area contributed by atoms with Gasteiger partial charge in [-0.25, -0.2) is 9.69 Å². The second-order valence-electron chi connectivity index (χ2n) is 5.70. The number of amides is 2. The highest BCUT2D eigenvalue weighted by Gasteiger charge is 2.50. The monoisotopic (exact) mass is 273 g/mol. The second-order valence-corrected chi connectivity index (χ2v) is 5.70. The molecule has 4 heteroatoms. The largest absolute Gasteiger partial charge is 0.444 e. The molecule has 2 fully saturated rings. The number of ether oxygens (including phenoxy) is 1. The Bertz CT molecular complexity index is 506. The van der Waals surface area contributed by atoms with E-state index in [9.17, 15) is 9.59 Å². The van der Waals surface area contributed by atoms with Gasteiger partial charge in [-0.2, -0.15) is 0 Å². The minimum atomic E-state index is -0.474. The number of nitrogens with zero attached hydrogens (tertiary/aromatic N) is 1. The molecule has 0 unspecified atom stereocenters. The van der Waals surface area contributed by atoms with E-state index in [0.29, 0.717) is 6.42 Å². The van der Waals surface area contributed by atoms with Crippen molar-refractivity contribution in [3.8, 4) is 0 Å². The Morgan fingerprint density at radius 1 is 1.15 bits per heavy atom. The van der Waals surface area contributed by atoms with Gasteiger partial charge >= 0.3 is 6.09 Å². The summed E-state index contributed by atoms with van der Waals surface area (Å²) >= 11 is 0. The molecule has 106 valence electrons. The van der Waals surface area contributed by atoms with Crippen LogP contribution >= 0.6 is 0 Å². The summed E-state index contributed by atoms with van der Waals surface area (Å²) in [7, 11) is 0. The van der Waals surface area contributed by atoms with Crippen LogP contribution in [0.5, 0.6) is 0 Å². The lowest BCUT2D eigenvalue weighted by molar-refractivity contribution is -0.129. The SMILES string of the molecule is O=C1CCC2(CCCC2)N1C(=O)OCc1ccccc1. The van der Waals surface area contributed by atoms with Gasteiger partial charge in [-0.3, -0.25) is 4.79 Å². The molecule has 0 aromatic heterocycles. The van der Waals surface area contributed by atoms with Gasteiger partial charge in [0.15, 0.2) is 0 Å². The fraction of sp³-hybridized carbons (Fsp3) is 0.500. The third-order valence-corrected chi connectivity index (χ3v) is 4.45. The molecular formula is C16H19NO3. The molecule has 0 radical (unpaired) electrons. The molecular weight excluding hydrogens is 254 g/mol. The predicted octanol–water partition coefficient (Wildman–Crippen LogP) is 3.26. The molecule has 0 N–H and O–H groups in total. The summed E-state index contributed by atoms with van der Waals surface area (Å²) < 4.78 is 5.34. The Kier molecular flexibility index (Phi) is 3.47. The van der Waals surface area contributed by atoms with Crippen LogP contribution in [0.3, 0.4) is 0 Å². The molecule has 1 aliphatic carbocycles. The summed E-state index contributed by atoms with van der Waals surface area (Å²) in [5.41, 5.74) is 0.693. The number of carbonyl (C=O) groups is 2. The molecule has 1 spiro atoms. The topological polar surface area (TPSA) is 46.6 Å². The number of likely N-dealkylation sites (tertiary alicyclic amines) is 1. The van der Waals surface area contributed by atoms with Gasteiger partial charge in [0.1, 0.15) is 6.61 Å². The molecule has 3 rings (SSSR count). The molecule has 2 amide bonds. The van der Waals surface area contributed by atoms with E-state index in [1.54, 1.807) is 0 Å². The summed E-state index contributed by atoms with van der Waals surface area (Å²) in [4.78, 5) is 25.7. The van der Waals surface area contributed by atoms with Crippen molar-refractivity contribution in [2.24, 2.45) is 0 Å². The Balaban J connectivity index is 1.68. The first-order valence-corrected chi connectivity index (χ1v) is 7.25. The summed E-state index contributed by atoms with van der Waals surface area (Å²) in [6, 6.07) is 9.54. The van der Waals surface area contributed by atoms with E-state index >= 15 is 0 Å². The molecule has 1 heterocycles. The predicted molar refractivity (Wildman–Crippen MR) is 73.9 cm³/mol. The van der Waals surface area contributed by atoms with E-state index < -0.39 is 6.09 Å². The van der Waals surface area contributed by atoms with E-state index in [1.807, 2.05) is 30.3 Å². The number of benzene rings is 1. The van der Waals surface area contributed by atoms with Crippen LogP contribution in [-0.2, 0) is 16.1 Å². The molecule has 1 aromatic carbocycles. The van der Waals surface area contributed by atoms with Gasteiger partial charge in [0.05, 0.1) is 5.54 Å². The van der Waals surface area contributed by atoms with E-state index in [0.717, 1.165) is 37.7 Å². The first-order chi connectivity index (χ1) is 9.71. The molecule has 1 saturated carbocycles. The van der Waals surface area contributed by atoms with Gasteiger partial charge < -0.3 is 4.74 Å². The molecule has 0 atom stereocenters. The zero-order valence-electron chi connectivity index (χ0n) is 11.5. The fourth-order valence-electron chi connectivity index (χ4n) is 3.41. The standard InChI is InChI=1S/C16H19NO3/c18-14-8-11-16(9-4-5-10-16)17(14)15(19)20-12-13-6-2-1-3-7-13/h1-3,6-7H,4-5,8-12H2. The summed E-state index contributed by atoms with van der Waals surface area (Å²) in [6.07, 6.45) is 4.84. The van der Waals surface area contributed by atoms with Gasteiger partial charge in [0.25, 0.3) is 0 Å². The van der Waals surface area contributed by atoms with E-state index in [4.69, 9.17) is 4.74 Å². The molecule has 0 bridgehead atoms. The van der Waals surface area contributed by atoms with Crippen molar-refractivity contribution in [2.45, 2.75) is 50.7 Å². The Labute approximate surface area is 118 Å². The van der Waals surface area contributed by atoms with Crippen LogP contribution < -0.4 is 0 Å². The van der Waals surface area contributed by atoms with Crippen LogP contribution in [0, 0.1) is 0 Å². The maximum absolute atomic E-state index is 12.3. The highest BCUT2D eigenvalue weighted by atomic mass is 16.6. The summed E-state index contributed by atoms with van der Waals surface area (Å²) in [5.74, 6) is -0.0787. The van der Waals surface area contributed by atoms with E-state index in [-0.39, 0.29) is 18.1 Å². The lowest BCUT2D eigenvalue weighted by Crippen LogP contribution is -2.47. The number of hydrogen-bond donors (Lipinski definition) is 0. The highest BCUT2D eigenvalue weighted by Crippen LogP contribution is 2.43. The first-order valence-electron chi connectivity index (χ1n) is 7.25. The minimum Gasteiger partial charge on any atom is -0.444 e. The van der Waals surface area contributed by atoms with Crippen LogP contribution in [-0.4, -0.2) is 22.4 Å². The second kappa shape index (κ2) is 5.27. The van der Waals surface area contributed by atoms with Gasteiger partial charge in [-0.1, -0.05) is 43.2 Å². The third kappa shape index (κ3) is 2.30. The molecule has 2 aliphatic rings. The normalized spacial score (nSPS) is 20.6. The van der Waals surface area contributed by atoms with Crippen molar-refractivity contribution >= 4 is 12.0 Å². The highest BCUT2D eigenvalue weighted by molar-refractivity contribution is 5.95. The van der Waals surface area contributed by atoms with Crippen LogP contribution in [0.4, 0.5) is 4.79 Å². The smallest absolute Gasteiger partial charge is 0.417 e. The van der Waals surface area contributed by atoms with Gasteiger partial charge in [-0.05, 0) is 24.8 Å². The number of imide groups is 1. The van der Waals surface area contributed by atoms with E-state index in [2.05, 4.69) is 0 Å². The summed E-state index contributed by atoms with van der Waals surface area (Å²) in [5, 5.41) is 0. The van der Waals surface area contributed by atoms with Crippen LogP contribution in [0.15, 0.2) is 30.3 Å². The minimum absolute atomic E-state index is 0.0787. The van der Waals surface area contributed by atoms with Crippen molar-refractivity contribution in [2.75, 3.05) is 0 Å². The average molecular weight is 273 g/mol. The van der Waals surface area contributed by atoms with Gasteiger partial charge in [-0.15, -0.1) is 0 Å². The fourth-order valence-corrected chi connectivity index (χ4v) is 3.41. The molecule has 1 aliphatic heterocycles. The summed E-state index contributed by atoms with van der Waals surface area (Å²) in [6.45, 7) is 0.222. The van der Waals surface area contributed by atoms with Crippen LogP contribution in [0.1, 0.15) is 44.1 Å². The maximum Gasteiger partial charge on any atom is 0.417 e. The molecule has 1 aromatic rings. The third-order valence-electron chi connectivity index (χ3n) is 4.45. The number of hydrogen-bond acceptors (Lipinski definition) is 3. The lowest BCUT2D eigenvalue weighted by Gasteiger charge is -2.32. The first kappa shape index (κ1) is 13.2. The number of carbonyl (C=O) groups excluding carboxylic acids is 2. The van der Waals surface area contributed by atoms with Crippen molar-refractivity contribution in [3.63, 3.8) is 0 Å². The Morgan fingerprint density at radius 3 is 2.55 bits per heavy atom. The Morgan fingerprint density at radius 2 is 1.85 bits per heavy atom. The van der Waals surface area contributed by atoms with Crippen LogP contribution in [0.2, 0.25) is 0 Å². The van der Waals surface area contributed by atoms with Crippen LogP contribution in [0.25, 0.3) is 0 Å². The number of rotatable bonds is 2. The zero-order chi connectivity index (χ0) is 14.0. The molecule has 1 saturated heterocycles. The van der Waals surface area contributed by atoms with Crippen molar-refractivity contribution in [1.82, 2.24) is 4.90 Å². The van der Waals surface area contributed by atoms with Crippen molar-refractivity contribution < 1.29 is 14.3 Å². The van der Waals surface area contributed by atoms with Gasteiger partial charge in [0.2, 0.25) is 5.91 Å². The van der Waals surface area contributed by atoms with E-state index in [1.165, 1.54) is 4.90 Å². The Hall–Kier alpha value is -1.84. The van der Waals surface area contributed by atoms with Gasteiger partial charge in [0, 0.05) is 6.42 Å². The maximum atomic E-state index is 12.3. The quantitative estimate of drug-likeness (QED) is 0.831. The molecule has 20 heavy (non-hydrogen) atoms. The molecule has 4 nitrogen and oxygen atoms in total.